The summed E-state index contributed by atoms with van der Waals surface area (Å²) in [5, 5.41) is 12.9. The molecule has 2 aromatic carbocycles. The first-order valence-electron chi connectivity index (χ1n) is 5.89. The van der Waals surface area contributed by atoms with Crippen molar-refractivity contribution in [1.82, 2.24) is 0 Å². The Kier molecular flexibility index (Phi) is 4.07. The number of carbonyl (C=O) groups excluding carboxylic acids is 1. The summed E-state index contributed by atoms with van der Waals surface area (Å²) in [5.41, 5.74) is 2.09. The molecule has 2 N–H and O–H groups in total. The quantitative estimate of drug-likeness (QED) is 0.842. The van der Waals surface area contributed by atoms with E-state index in [1.807, 2.05) is 25.1 Å². The molecular formula is C15H14ClNO2. The number of halogens is 1. The fourth-order valence-corrected chi connectivity index (χ4v) is 1.96. The number of phenolic OH excluding ortho intramolecular Hbond substituents is 1. The molecule has 0 aliphatic rings. The lowest BCUT2D eigenvalue weighted by molar-refractivity contribution is -0.115. The summed E-state index contributed by atoms with van der Waals surface area (Å²) in [7, 11) is 0. The van der Waals surface area contributed by atoms with E-state index in [0.717, 1.165) is 11.1 Å². The number of hydrogen-bond acceptors (Lipinski definition) is 2. The number of amides is 1. The highest BCUT2D eigenvalue weighted by molar-refractivity contribution is 6.31. The van der Waals surface area contributed by atoms with E-state index in [1.165, 1.54) is 0 Å². The molecule has 0 aliphatic heterocycles. The van der Waals surface area contributed by atoms with Gasteiger partial charge in [0, 0.05) is 5.02 Å². The summed E-state index contributed by atoms with van der Waals surface area (Å²) >= 11 is 5.99. The molecule has 0 fully saturated rings. The normalized spacial score (nSPS) is 10.2. The molecule has 0 saturated carbocycles. The number of benzene rings is 2. The van der Waals surface area contributed by atoms with Gasteiger partial charge in [-0.15, -0.1) is 0 Å². The summed E-state index contributed by atoms with van der Waals surface area (Å²) in [6.07, 6.45) is 0.174. The van der Waals surface area contributed by atoms with Gasteiger partial charge in [0.15, 0.2) is 0 Å². The molecule has 0 spiro atoms. The lowest BCUT2D eigenvalue weighted by Crippen LogP contribution is -2.14. The van der Waals surface area contributed by atoms with Gasteiger partial charge in [0.1, 0.15) is 5.75 Å². The van der Waals surface area contributed by atoms with E-state index in [2.05, 4.69) is 5.32 Å². The first-order valence-corrected chi connectivity index (χ1v) is 6.27. The van der Waals surface area contributed by atoms with Crippen LogP contribution < -0.4 is 5.32 Å². The van der Waals surface area contributed by atoms with Gasteiger partial charge in [-0.3, -0.25) is 4.79 Å². The predicted molar refractivity (Wildman–Crippen MR) is 76.6 cm³/mol. The van der Waals surface area contributed by atoms with Crippen molar-refractivity contribution in [2.75, 3.05) is 5.32 Å². The van der Waals surface area contributed by atoms with Crippen LogP contribution in [0.3, 0.4) is 0 Å². The van der Waals surface area contributed by atoms with Crippen molar-refractivity contribution in [3.63, 3.8) is 0 Å². The molecule has 0 aromatic heterocycles. The minimum atomic E-state index is -0.216. The molecule has 2 aromatic rings. The minimum absolute atomic E-state index is 0.0625. The number of rotatable bonds is 3. The van der Waals surface area contributed by atoms with Gasteiger partial charge in [0.25, 0.3) is 0 Å². The molecule has 4 heteroatoms. The number of aryl methyl sites for hydroxylation is 1. The smallest absolute Gasteiger partial charge is 0.228 e. The lowest BCUT2D eigenvalue weighted by Gasteiger charge is -2.08. The third-order valence-electron chi connectivity index (χ3n) is 2.74. The van der Waals surface area contributed by atoms with Crippen LogP contribution in [0.25, 0.3) is 0 Å². The Morgan fingerprint density at radius 3 is 2.68 bits per heavy atom. The van der Waals surface area contributed by atoms with Crippen LogP contribution in [0.2, 0.25) is 5.02 Å². The number of hydrogen-bond donors (Lipinski definition) is 2. The van der Waals surface area contributed by atoms with Crippen LogP contribution in [-0.4, -0.2) is 11.0 Å². The number of carbonyl (C=O) groups is 1. The van der Waals surface area contributed by atoms with Gasteiger partial charge in [0.05, 0.1) is 12.1 Å². The van der Waals surface area contributed by atoms with Gasteiger partial charge < -0.3 is 10.4 Å². The zero-order chi connectivity index (χ0) is 13.8. The van der Waals surface area contributed by atoms with Crippen LogP contribution in [0.15, 0.2) is 42.5 Å². The zero-order valence-electron chi connectivity index (χ0n) is 10.5. The van der Waals surface area contributed by atoms with Crippen LogP contribution in [-0.2, 0) is 11.2 Å². The number of phenols is 1. The van der Waals surface area contributed by atoms with Gasteiger partial charge in [-0.05, 0) is 36.2 Å². The van der Waals surface area contributed by atoms with E-state index >= 15 is 0 Å². The highest BCUT2D eigenvalue weighted by atomic mass is 35.5. The molecule has 3 nitrogen and oxygen atoms in total. The van der Waals surface area contributed by atoms with E-state index < -0.39 is 0 Å². The Morgan fingerprint density at radius 2 is 2.00 bits per heavy atom. The number of aromatic hydroxyl groups is 1. The van der Waals surface area contributed by atoms with Crippen LogP contribution in [0.5, 0.6) is 5.75 Å². The maximum atomic E-state index is 11.9. The minimum Gasteiger partial charge on any atom is -0.506 e. The number of anilines is 1. The molecule has 0 atom stereocenters. The van der Waals surface area contributed by atoms with Gasteiger partial charge in [-0.2, -0.15) is 0 Å². The Morgan fingerprint density at radius 1 is 1.26 bits per heavy atom. The Labute approximate surface area is 116 Å². The lowest BCUT2D eigenvalue weighted by atomic mass is 10.1. The van der Waals surface area contributed by atoms with Crippen molar-refractivity contribution in [2.45, 2.75) is 13.3 Å². The summed E-state index contributed by atoms with van der Waals surface area (Å²) in [6.45, 7) is 1.87. The first-order chi connectivity index (χ1) is 9.06. The largest absolute Gasteiger partial charge is 0.506 e. The first kappa shape index (κ1) is 13.4. The predicted octanol–water partition coefficient (Wildman–Crippen LogP) is 3.54. The van der Waals surface area contributed by atoms with E-state index in [1.54, 1.807) is 24.3 Å². The second kappa shape index (κ2) is 5.76. The van der Waals surface area contributed by atoms with Crippen LogP contribution in [0, 0.1) is 6.92 Å². The standard InChI is InChI=1S/C15H14ClNO2/c1-10-6-7-13(14(18)8-10)17-15(19)9-11-4-2-3-5-12(11)16/h2-8,18H,9H2,1H3,(H,17,19). The molecule has 1 amide bonds. The number of nitrogens with one attached hydrogen (secondary N) is 1. The maximum absolute atomic E-state index is 11.9. The van der Waals surface area contributed by atoms with Crippen LogP contribution >= 0.6 is 11.6 Å². The molecule has 0 heterocycles. The second-order valence-corrected chi connectivity index (χ2v) is 4.74. The average molecular weight is 276 g/mol. The highest BCUT2D eigenvalue weighted by Crippen LogP contribution is 2.24. The van der Waals surface area contributed by atoms with Crippen molar-refractivity contribution in [2.24, 2.45) is 0 Å². The zero-order valence-corrected chi connectivity index (χ0v) is 11.2. The molecule has 0 radical (unpaired) electrons. The summed E-state index contributed by atoms with van der Waals surface area (Å²) in [6, 6.07) is 12.3. The Balaban J connectivity index is 2.08. The van der Waals surface area contributed by atoms with Crippen LogP contribution in [0.4, 0.5) is 5.69 Å². The molecule has 2 rings (SSSR count). The Bertz CT molecular complexity index is 611. The van der Waals surface area contributed by atoms with Crippen molar-refractivity contribution in [1.29, 1.82) is 0 Å². The van der Waals surface area contributed by atoms with E-state index in [4.69, 9.17) is 11.6 Å². The SMILES string of the molecule is Cc1ccc(NC(=O)Cc2ccccc2Cl)c(O)c1. The summed E-state index contributed by atoms with van der Waals surface area (Å²) in [4.78, 5) is 11.9. The van der Waals surface area contributed by atoms with Gasteiger partial charge in [-0.1, -0.05) is 35.9 Å². The Hall–Kier alpha value is -2.00. The summed E-state index contributed by atoms with van der Waals surface area (Å²) in [5.74, 6) is -0.153. The van der Waals surface area contributed by atoms with E-state index in [-0.39, 0.29) is 18.1 Å². The molecular weight excluding hydrogens is 262 g/mol. The van der Waals surface area contributed by atoms with Gasteiger partial charge in [0.2, 0.25) is 5.91 Å². The van der Waals surface area contributed by atoms with Crippen molar-refractivity contribution < 1.29 is 9.90 Å². The van der Waals surface area contributed by atoms with Crippen molar-refractivity contribution in [3.8, 4) is 5.75 Å². The summed E-state index contributed by atoms with van der Waals surface area (Å²) < 4.78 is 0. The molecule has 0 bridgehead atoms. The molecule has 0 aliphatic carbocycles. The third kappa shape index (κ3) is 3.48. The fourth-order valence-electron chi connectivity index (χ4n) is 1.76. The highest BCUT2D eigenvalue weighted by Gasteiger charge is 2.09. The topological polar surface area (TPSA) is 49.3 Å². The van der Waals surface area contributed by atoms with Crippen LogP contribution in [0.1, 0.15) is 11.1 Å². The van der Waals surface area contributed by atoms with Crippen molar-refractivity contribution >= 4 is 23.2 Å². The molecule has 0 saturated heterocycles. The van der Waals surface area contributed by atoms with Gasteiger partial charge >= 0.3 is 0 Å². The maximum Gasteiger partial charge on any atom is 0.228 e. The average Bonchev–Trinajstić information content (AvgIpc) is 2.36. The third-order valence-corrected chi connectivity index (χ3v) is 3.10. The second-order valence-electron chi connectivity index (χ2n) is 4.34. The fraction of sp³-hybridized carbons (Fsp3) is 0.133. The molecule has 19 heavy (non-hydrogen) atoms. The molecule has 98 valence electrons. The molecule has 0 unspecified atom stereocenters. The van der Waals surface area contributed by atoms with E-state index in [0.29, 0.717) is 10.7 Å². The monoisotopic (exact) mass is 275 g/mol. The van der Waals surface area contributed by atoms with Gasteiger partial charge in [-0.25, -0.2) is 0 Å². The van der Waals surface area contributed by atoms with E-state index in [9.17, 15) is 9.90 Å². The van der Waals surface area contributed by atoms with Crippen molar-refractivity contribution in [3.05, 3.63) is 58.6 Å².